The number of rotatable bonds is 5. The molecule has 0 aromatic heterocycles. The predicted molar refractivity (Wildman–Crippen MR) is 97.6 cm³/mol. The molecule has 0 aliphatic carbocycles. The van der Waals surface area contributed by atoms with Crippen molar-refractivity contribution in [2.75, 3.05) is 13.1 Å². The summed E-state index contributed by atoms with van der Waals surface area (Å²) in [7, 11) is 0. The van der Waals surface area contributed by atoms with Crippen molar-refractivity contribution in [1.29, 1.82) is 0 Å². The molecule has 1 aromatic carbocycles. The molecule has 1 saturated heterocycles. The van der Waals surface area contributed by atoms with Crippen molar-refractivity contribution in [1.82, 2.24) is 0 Å². The minimum atomic E-state index is -0.595. The van der Waals surface area contributed by atoms with E-state index in [1.165, 1.54) is 6.07 Å². The Labute approximate surface area is 158 Å². The number of piperidine rings is 1. The highest BCUT2D eigenvalue weighted by atomic mass is 79.9. The summed E-state index contributed by atoms with van der Waals surface area (Å²) in [5, 5.41) is 2.28. The second-order valence-electron chi connectivity index (χ2n) is 6.38. The van der Waals surface area contributed by atoms with Gasteiger partial charge in [-0.15, -0.1) is 0 Å². The van der Waals surface area contributed by atoms with Crippen LogP contribution in [0.25, 0.3) is 0 Å². The number of alkyl halides is 2. The van der Waals surface area contributed by atoms with E-state index in [1.807, 2.05) is 13.8 Å². The van der Waals surface area contributed by atoms with Gasteiger partial charge in [-0.2, -0.15) is 0 Å². The minimum absolute atomic E-state index is 0.309. The van der Waals surface area contributed by atoms with Gasteiger partial charge < -0.3 is 14.8 Å². The van der Waals surface area contributed by atoms with Gasteiger partial charge in [0.25, 0.3) is 0 Å². The molecule has 24 heavy (non-hydrogen) atoms. The van der Waals surface area contributed by atoms with Gasteiger partial charge in [-0.05, 0) is 32.0 Å². The van der Waals surface area contributed by atoms with Gasteiger partial charge in [0.1, 0.15) is 11.4 Å². The summed E-state index contributed by atoms with van der Waals surface area (Å²) in [5.41, 5.74) is -0.147. The molecule has 0 spiro atoms. The Balaban J connectivity index is 2.05. The summed E-state index contributed by atoms with van der Waals surface area (Å²) in [4.78, 5) is 24.1. The van der Waals surface area contributed by atoms with Gasteiger partial charge in [0.2, 0.25) is 0 Å². The average Bonchev–Trinajstić information content (AvgIpc) is 2.55. The summed E-state index contributed by atoms with van der Waals surface area (Å²) in [6.07, 6.45) is 2.08. The number of esters is 2. The molecule has 0 unspecified atom stereocenters. The van der Waals surface area contributed by atoms with Crippen LogP contribution in [0.5, 0.6) is 5.75 Å². The third kappa shape index (κ3) is 5.29. The monoisotopic (exact) mass is 462 g/mol. The largest absolute Gasteiger partial charge is 0.456 e. The lowest BCUT2D eigenvalue weighted by molar-refractivity contribution is -0.665. The second kappa shape index (κ2) is 8.45. The van der Waals surface area contributed by atoms with Crippen molar-refractivity contribution in [3.05, 3.63) is 29.8 Å². The first-order chi connectivity index (χ1) is 11.3. The van der Waals surface area contributed by atoms with E-state index in [2.05, 4.69) is 37.2 Å². The van der Waals surface area contributed by atoms with E-state index in [0.29, 0.717) is 17.2 Å². The van der Waals surface area contributed by atoms with Crippen LogP contribution in [0.2, 0.25) is 0 Å². The van der Waals surface area contributed by atoms with Crippen LogP contribution in [0, 0.1) is 5.92 Å². The number of hydrogen-bond acceptors (Lipinski definition) is 4. The predicted octanol–water partition coefficient (Wildman–Crippen LogP) is 2.62. The topological polar surface area (TPSA) is 69.2 Å². The van der Waals surface area contributed by atoms with Crippen LogP contribution in [-0.4, -0.2) is 34.4 Å². The average molecular weight is 464 g/mol. The molecule has 1 aromatic rings. The van der Waals surface area contributed by atoms with Gasteiger partial charge in [-0.3, -0.25) is 0 Å². The Morgan fingerprint density at radius 3 is 2.54 bits per heavy atom. The van der Waals surface area contributed by atoms with Gasteiger partial charge in [0.15, 0.2) is 3.74 Å². The first-order valence-corrected chi connectivity index (χ1v) is 9.77. The number of hydrogen-bond donors (Lipinski definition) is 1. The molecule has 1 heterocycles. The fourth-order valence-corrected chi connectivity index (χ4v) is 3.04. The molecule has 1 fully saturated rings. The summed E-state index contributed by atoms with van der Waals surface area (Å²) in [6.45, 7) is 6.06. The van der Waals surface area contributed by atoms with Crippen LogP contribution in [0.1, 0.15) is 37.0 Å². The Hall–Kier alpha value is -0.920. The zero-order valence-electron chi connectivity index (χ0n) is 13.8. The normalized spacial score (nSPS) is 16.0. The van der Waals surface area contributed by atoms with Crippen molar-refractivity contribution in [2.45, 2.75) is 36.0 Å². The number of quaternary nitrogens is 1. The Bertz CT molecular complexity index is 598. The molecule has 5 nitrogen and oxygen atoms in total. The van der Waals surface area contributed by atoms with Crippen molar-refractivity contribution < 1.29 is 24.4 Å². The van der Waals surface area contributed by atoms with E-state index in [1.54, 1.807) is 18.2 Å². The van der Waals surface area contributed by atoms with E-state index in [0.717, 1.165) is 25.9 Å². The molecule has 1 aliphatic heterocycles. The molecule has 2 N–H and O–H groups in total. The molecule has 0 bridgehead atoms. The van der Waals surface area contributed by atoms with Crippen molar-refractivity contribution in [3.8, 4) is 5.75 Å². The standard InChI is InChI=1S/C17H21Br2NO4/c1-17(2,12-6-8-20-9-7-12)24-15(21)11-4-3-5-13(10-11)23-16(22)14(18)19/h3-5,10,12,14,20H,6-9H2,1-2H3/p+1. The number of nitrogens with two attached hydrogens (primary N) is 1. The number of carbonyl (C=O) groups excluding carboxylic acids is 2. The molecular weight excluding hydrogens is 442 g/mol. The highest BCUT2D eigenvalue weighted by molar-refractivity contribution is 9.25. The van der Waals surface area contributed by atoms with Crippen LogP contribution in [0.15, 0.2) is 24.3 Å². The van der Waals surface area contributed by atoms with Crippen molar-refractivity contribution >= 4 is 43.8 Å². The molecule has 0 saturated carbocycles. The van der Waals surface area contributed by atoms with E-state index in [4.69, 9.17) is 9.47 Å². The van der Waals surface area contributed by atoms with Gasteiger partial charge in [0, 0.05) is 18.8 Å². The lowest BCUT2D eigenvalue weighted by atomic mass is 9.83. The minimum Gasteiger partial charge on any atom is -0.456 e. The van der Waals surface area contributed by atoms with E-state index in [9.17, 15) is 9.59 Å². The molecule has 1 aliphatic rings. The van der Waals surface area contributed by atoms with Crippen molar-refractivity contribution in [2.24, 2.45) is 5.92 Å². The SMILES string of the molecule is CC(C)(OC(=O)c1cccc(OC(=O)C(Br)Br)c1)C1CC[NH2+]CC1. The van der Waals surface area contributed by atoms with Crippen LogP contribution >= 0.6 is 31.9 Å². The summed E-state index contributed by atoms with van der Waals surface area (Å²) < 4.78 is 10.3. The fourth-order valence-electron chi connectivity index (χ4n) is 2.85. The third-order valence-electron chi connectivity index (χ3n) is 4.24. The maximum Gasteiger partial charge on any atom is 0.338 e. The lowest BCUT2D eigenvalue weighted by Gasteiger charge is -2.35. The Morgan fingerprint density at radius 2 is 1.92 bits per heavy atom. The quantitative estimate of drug-likeness (QED) is 0.414. The molecule has 7 heteroatoms. The highest BCUT2D eigenvalue weighted by Gasteiger charge is 2.35. The number of benzene rings is 1. The molecule has 0 radical (unpaired) electrons. The number of ether oxygens (including phenoxy) is 2. The maximum absolute atomic E-state index is 12.5. The first-order valence-electron chi connectivity index (χ1n) is 7.94. The van der Waals surface area contributed by atoms with E-state index < -0.39 is 21.3 Å². The van der Waals surface area contributed by atoms with Crippen molar-refractivity contribution in [3.63, 3.8) is 0 Å². The van der Waals surface area contributed by atoms with Crippen LogP contribution in [0.3, 0.4) is 0 Å². The summed E-state index contributed by atoms with van der Waals surface area (Å²) in [6, 6.07) is 6.47. The number of carbonyl (C=O) groups is 2. The molecule has 0 amide bonds. The zero-order chi connectivity index (χ0) is 17.7. The highest BCUT2D eigenvalue weighted by Crippen LogP contribution is 2.29. The number of halogens is 2. The van der Waals surface area contributed by atoms with E-state index >= 15 is 0 Å². The third-order valence-corrected chi connectivity index (χ3v) is 4.99. The Morgan fingerprint density at radius 1 is 1.25 bits per heavy atom. The first kappa shape index (κ1) is 19.4. The van der Waals surface area contributed by atoms with Gasteiger partial charge in [-0.25, -0.2) is 9.59 Å². The fraction of sp³-hybridized carbons (Fsp3) is 0.529. The maximum atomic E-state index is 12.5. The lowest BCUT2D eigenvalue weighted by Crippen LogP contribution is -2.86. The molecule has 132 valence electrons. The smallest absolute Gasteiger partial charge is 0.338 e. The van der Waals surface area contributed by atoms with Gasteiger partial charge in [-0.1, -0.05) is 37.9 Å². The van der Waals surface area contributed by atoms with Gasteiger partial charge >= 0.3 is 11.9 Å². The Kier molecular flexibility index (Phi) is 6.83. The van der Waals surface area contributed by atoms with E-state index in [-0.39, 0.29) is 0 Å². The van der Waals surface area contributed by atoms with Gasteiger partial charge in [0.05, 0.1) is 18.7 Å². The summed E-state index contributed by atoms with van der Waals surface area (Å²) in [5.74, 6) is -0.223. The van der Waals surface area contributed by atoms with Crippen LogP contribution in [-0.2, 0) is 9.53 Å². The zero-order valence-corrected chi connectivity index (χ0v) is 16.9. The van der Waals surface area contributed by atoms with Crippen LogP contribution < -0.4 is 10.1 Å². The summed E-state index contributed by atoms with van der Waals surface area (Å²) >= 11 is 6.15. The van der Waals surface area contributed by atoms with Crippen LogP contribution in [0.4, 0.5) is 0 Å². The molecule has 0 atom stereocenters. The second-order valence-corrected chi connectivity index (χ2v) is 9.44. The molecular formula is C17H22Br2NO4+. The molecule has 2 rings (SSSR count).